The topological polar surface area (TPSA) is 94.8 Å². The molecule has 1 amide bonds. The van der Waals surface area contributed by atoms with Crippen LogP contribution in [0.2, 0.25) is 5.02 Å². The number of aromatic nitrogens is 2. The van der Waals surface area contributed by atoms with Crippen molar-refractivity contribution in [3.8, 4) is 29.0 Å². The minimum Gasteiger partial charge on any atom is -0.492 e. The van der Waals surface area contributed by atoms with Gasteiger partial charge in [-0.25, -0.2) is 4.39 Å². The molecule has 1 aliphatic carbocycles. The molecule has 1 saturated heterocycles. The van der Waals surface area contributed by atoms with Crippen LogP contribution in [0.3, 0.4) is 0 Å². The van der Waals surface area contributed by atoms with Crippen molar-refractivity contribution in [1.29, 1.82) is 5.26 Å². The number of benzene rings is 3. The summed E-state index contributed by atoms with van der Waals surface area (Å²) in [5, 5.41) is 13.1. The molecule has 248 valence electrons. The van der Waals surface area contributed by atoms with Crippen molar-refractivity contribution in [3.63, 3.8) is 0 Å². The van der Waals surface area contributed by atoms with E-state index in [1.54, 1.807) is 0 Å². The number of halogens is 2. The van der Waals surface area contributed by atoms with Gasteiger partial charge in [-0.1, -0.05) is 48.5 Å². The lowest BCUT2D eigenvalue weighted by atomic mass is 9.89. The average molecular weight is 669 g/mol. The standard InChI is InChI=1S/C37H38ClFN6O3/c1-22(39)36(46)45-18-17-44(21-24(45)15-16-40)35-33-29(41-37(42-35)48-31-14-6-13-30(31)43(2)3)20-27(26-11-7-19-47-34(26)33)25-10-4-8-23-9-5-12-28(38)32(23)25/h4-5,8-10,12,20,24,30-31H,1,6-7,11,13-15,17-19,21H2,2-3H3/t24-,30?,31?/m0/s1. The van der Waals surface area contributed by atoms with Crippen LogP contribution in [-0.2, 0) is 11.2 Å². The van der Waals surface area contributed by atoms with E-state index < -0.39 is 17.8 Å². The quantitative estimate of drug-likeness (QED) is 0.201. The smallest absolute Gasteiger partial charge is 0.319 e. The molecule has 0 bridgehead atoms. The summed E-state index contributed by atoms with van der Waals surface area (Å²) in [5.41, 5.74) is 3.72. The summed E-state index contributed by atoms with van der Waals surface area (Å²) in [5.74, 6) is -0.491. The first-order chi connectivity index (χ1) is 23.2. The van der Waals surface area contributed by atoms with Crippen molar-refractivity contribution in [1.82, 2.24) is 19.8 Å². The second-order valence-electron chi connectivity index (χ2n) is 13.0. The van der Waals surface area contributed by atoms with E-state index in [-0.39, 0.29) is 37.7 Å². The molecule has 11 heteroatoms. The van der Waals surface area contributed by atoms with Gasteiger partial charge in [0.2, 0.25) is 0 Å². The number of piperazine rings is 1. The van der Waals surface area contributed by atoms with Crippen molar-refractivity contribution in [2.45, 2.75) is 56.7 Å². The molecule has 1 saturated carbocycles. The minimum absolute atomic E-state index is 0.0368. The molecule has 4 aromatic rings. The lowest BCUT2D eigenvalue weighted by molar-refractivity contribution is -0.131. The number of anilines is 1. The van der Waals surface area contributed by atoms with Crippen molar-refractivity contribution in [2.24, 2.45) is 0 Å². The molecule has 0 radical (unpaired) electrons. The highest BCUT2D eigenvalue weighted by molar-refractivity contribution is 6.36. The van der Waals surface area contributed by atoms with Gasteiger partial charge in [0.1, 0.15) is 17.7 Å². The average Bonchev–Trinajstić information content (AvgIpc) is 3.55. The second-order valence-corrected chi connectivity index (χ2v) is 13.4. The zero-order valence-corrected chi connectivity index (χ0v) is 28.0. The highest BCUT2D eigenvalue weighted by Crippen LogP contribution is 2.46. The van der Waals surface area contributed by atoms with Gasteiger partial charge in [0.05, 0.1) is 36.0 Å². The molecule has 2 fully saturated rings. The monoisotopic (exact) mass is 668 g/mol. The Labute approximate surface area is 284 Å². The fourth-order valence-electron chi connectivity index (χ4n) is 7.66. The second kappa shape index (κ2) is 13.2. The van der Waals surface area contributed by atoms with E-state index in [4.69, 9.17) is 31.0 Å². The summed E-state index contributed by atoms with van der Waals surface area (Å²) in [6, 6.07) is 16.3. The molecule has 0 spiro atoms. The highest BCUT2D eigenvalue weighted by Gasteiger charge is 2.36. The van der Waals surface area contributed by atoms with Gasteiger partial charge in [-0.3, -0.25) is 4.79 Å². The SMILES string of the molecule is C=C(F)C(=O)N1CCN(c2nc(OC3CCCC3N(C)C)nc3cc(-c4cccc5cccc(Cl)c45)c4c(c23)OCCC4)C[C@@H]1CC#N. The first-order valence-electron chi connectivity index (χ1n) is 16.5. The fraction of sp³-hybridized carbons (Fsp3) is 0.405. The molecule has 2 unspecified atom stereocenters. The lowest BCUT2D eigenvalue weighted by Gasteiger charge is -2.41. The maximum Gasteiger partial charge on any atom is 0.319 e. The van der Waals surface area contributed by atoms with Crippen molar-refractivity contribution in [2.75, 3.05) is 45.2 Å². The normalized spacial score (nSPS) is 20.9. The summed E-state index contributed by atoms with van der Waals surface area (Å²) in [6.07, 6.45) is 4.58. The van der Waals surface area contributed by atoms with Crippen LogP contribution in [0.1, 0.15) is 37.7 Å². The number of hydrogen-bond donors (Lipinski definition) is 0. The highest BCUT2D eigenvalue weighted by atomic mass is 35.5. The molecule has 1 aromatic heterocycles. The van der Waals surface area contributed by atoms with Gasteiger partial charge in [-0.2, -0.15) is 15.2 Å². The number of carbonyl (C=O) groups excluding carboxylic acids is 1. The first-order valence-corrected chi connectivity index (χ1v) is 16.9. The zero-order valence-electron chi connectivity index (χ0n) is 27.2. The fourth-order valence-corrected chi connectivity index (χ4v) is 7.94. The van der Waals surface area contributed by atoms with Crippen molar-refractivity contribution >= 4 is 45.0 Å². The molecule has 9 nitrogen and oxygen atoms in total. The van der Waals surface area contributed by atoms with Crippen LogP contribution < -0.4 is 14.4 Å². The van der Waals surface area contributed by atoms with E-state index in [2.05, 4.69) is 60.8 Å². The lowest BCUT2D eigenvalue weighted by Crippen LogP contribution is -2.55. The van der Waals surface area contributed by atoms with E-state index in [0.29, 0.717) is 29.5 Å². The molecule has 3 aromatic carbocycles. The summed E-state index contributed by atoms with van der Waals surface area (Å²) in [4.78, 5) is 28.4. The Hall–Kier alpha value is -4.46. The number of ether oxygens (including phenoxy) is 2. The Morgan fingerprint density at radius 1 is 1.15 bits per heavy atom. The number of amides is 1. The predicted molar refractivity (Wildman–Crippen MR) is 185 cm³/mol. The number of fused-ring (bicyclic) bond motifs is 4. The summed E-state index contributed by atoms with van der Waals surface area (Å²) in [7, 11) is 4.12. The molecular formula is C37H38ClFN6O3. The largest absolute Gasteiger partial charge is 0.492 e. The number of rotatable bonds is 7. The maximum absolute atomic E-state index is 14.0. The molecule has 3 aliphatic rings. The number of nitriles is 1. The maximum atomic E-state index is 14.0. The molecular weight excluding hydrogens is 631 g/mol. The van der Waals surface area contributed by atoms with Gasteiger partial charge in [0.15, 0.2) is 5.83 Å². The van der Waals surface area contributed by atoms with Gasteiger partial charge in [-0.05, 0) is 74.8 Å². The Bertz CT molecular complexity index is 1960. The van der Waals surface area contributed by atoms with Crippen LogP contribution in [0.15, 0.2) is 54.9 Å². The molecule has 7 rings (SSSR count). The third-order valence-electron chi connectivity index (χ3n) is 9.91. The molecule has 48 heavy (non-hydrogen) atoms. The van der Waals surface area contributed by atoms with Gasteiger partial charge in [0, 0.05) is 41.6 Å². The predicted octanol–water partition coefficient (Wildman–Crippen LogP) is 6.70. The first kappa shape index (κ1) is 32.1. The van der Waals surface area contributed by atoms with Crippen LogP contribution >= 0.6 is 11.6 Å². The zero-order chi connectivity index (χ0) is 33.5. The van der Waals surface area contributed by atoms with Crippen molar-refractivity contribution in [3.05, 3.63) is 65.5 Å². The molecule has 2 aliphatic heterocycles. The summed E-state index contributed by atoms with van der Waals surface area (Å²) < 4.78 is 27.1. The van der Waals surface area contributed by atoms with Crippen LogP contribution in [0, 0.1) is 11.3 Å². The Morgan fingerprint density at radius 2 is 1.96 bits per heavy atom. The summed E-state index contributed by atoms with van der Waals surface area (Å²) in [6.45, 7) is 4.60. The van der Waals surface area contributed by atoms with Gasteiger partial charge in [0.25, 0.3) is 5.91 Å². The van der Waals surface area contributed by atoms with Crippen LogP contribution in [0.25, 0.3) is 32.8 Å². The van der Waals surface area contributed by atoms with Crippen LogP contribution in [0.5, 0.6) is 11.8 Å². The van der Waals surface area contributed by atoms with Crippen LogP contribution in [-0.4, -0.2) is 84.2 Å². The van der Waals surface area contributed by atoms with Gasteiger partial charge >= 0.3 is 6.01 Å². The summed E-state index contributed by atoms with van der Waals surface area (Å²) >= 11 is 6.83. The van der Waals surface area contributed by atoms with Crippen LogP contribution in [0.4, 0.5) is 10.2 Å². The minimum atomic E-state index is -1.04. The molecule has 3 heterocycles. The Balaban J connectivity index is 1.42. The number of carbonyl (C=O) groups is 1. The number of likely N-dealkylation sites (N-methyl/N-ethyl adjacent to an activating group) is 1. The molecule has 0 N–H and O–H groups in total. The van der Waals surface area contributed by atoms with Gasteiger partial charge in [-0.15, -0.1) is 0 Å². The molecule has 3 atom stereocenters. The number of hydrogen-bond acceptors (Lipinski definition) is 8. The van der Waals surface area contributed by atoms with Crippen molar-refractivity contribution < 1.29 is 18.7 Å². The van der Waals surface area contributed by atoms with E-state index in [9.17, 15) is 14.4 Å². The van der Waals surface area contributed by atoms with Gasteiger partial charge < -0.3 is 24.2 Å². The van der Waals surface area contributed by atoms with E-state index in [1.807, 2.05) is 18.2 Å². The Kier molecular flexibility index (Phi) is 8.84. The van der Waals surface area contributed by atoms with E-state index in [0.717, 1.165) is 70.7 Å². The van der Waals surface area contributed by atoms with E-state index >= 15 is 0 Å². The third kappa shape index (κ3) is 5.80. The van der Waals surface area contributed by atoms with E-state index in [1.165, 1.54) is 4.90 Å². The number of nitrogens with zero attached hydrogens (tertiary/aromatic N) is 6. The third-order valence-corrected chi connectivity index (χ3v) is 10.2. The Morgan fingerprint density at radius 3 is 2.73 bits per heavy atom.